The minimum absolute atomic E-state index is 0.109. The lowest BCUT2D eigenvalue weighted by molar-refractivity contribution is 0.576. The lowest BCUT2D eigenvalue weighted by Gasteiger charge is -2.24. The van der Waals surface area contributed by atoms with Crippen LogP contribution in [-0.2, 0) is 5.41 Å². The van der Waals surface area contributed by atoms with Crippen molar-refractivity contribution in [3.8, 4) is 0 Å². The van der Waals surface area contributed by atoms with Crippen LogP contribution in [0.2, 0.25) is 0 Å². The molecule has 0 aliphatic heterocycles. The molecule has 3 nitrogen and oxygen atoms in total. The number of hydrogen-bond donors (Lipinski definition) is 1. The lowest BCUT2D eigenvalue weighted by Crippen LogP contribution is -2.18. The molecule has 82 valence electrons. The van der Waals surface area contributed by atoms with E-state index in [4.69, 9.17) is 0 Å². The smallest absolute Gasteiger partial charge is 0.133 e. The maximum Gasteiger partial charge on any atom is 0.133 e. The van der Waals surface area contributed by atoms with Gasteiger partial charge in [-0.2, -0.15) is 0 Å². The van der Waals surface area contributed by atoms with Gasteiger partial charge in [0, 0.05) is 18.5 Å². The molecule has 1 fully saturated rings. The van der Waals surface area contributed by atoms with E-state index in [9.17, 15) is 0 Å². The summed E-state index contributed by atoms with van der Waals surface area (Å²) in [6.45, 7) is 6.66. The van der Waals surface area contributed by atoms with E-state index in [-0.39, 0.29) is 5.41 Å². The van der Waals surface area contributed by atoms with Crippen LogP contribution in [0.4, 0.5) is 5.82 Å². The van der Waals surface area contributed by atoms with Crippen LogP contribution in [0.1, 0.15) is 50.8 Å². The molecule has 0 atom stereocenters. The first-order chi connectivity index (χ1) is 7.04. The number of nitrogens with one attached hydrogen (secondary N) is 1. The molecule has 0 amide bonds. The SMILES string of the molecule is CNc1ncnc(C2CC2)c1C(C)(C)C. The van der Waals surface area contributed by atoms with Crippen LogP contribution in [0, 0.1) is 0 Å². The van der Waals surface area contributed by atoms with Crippen LogP contribution >= 0.6 is 0 Å². The van der Waals surface area contributed by atoms with Crippen LogP contribution in [0.25, 0.3) is 0 Å². The highest BCUT2D eigenvalue weighted by Gasteiger charge is 2.33. The molecule has 0 aromatic carbocycles. The van der Waals surface area contributed by atoms with E-state index >= 15 is 0 Å². The molecule has 3 heteroatoms. The summed E-state index contributed by atoms with van der Waals surface area (Å²) in [5, 5.41) is 3.17. The molecule has 1 N–H and O–H groups in total. The van der Waals surface area contributed by atoms with Crippen LogP contribution in [0.15, 0.2) is 6.33 Å². The zero-order valence-corrected chi connectivity index (χ0v) is 9.96. The maximum atomic E-state index is 4.46. The third-order valence-corrected chi connectivity index (χ3v) is 2.83. The van der Waals surface area contributed by atoms with Gasteiger partial charge in [0.15, 0.2) is 0 Å². The molecule has 0 spiro atoms. The summed E-state index contributed by atoms with van der Waals surface area (Å²) in [7, 11) is 1.92. The van der Waals surface area contributed by atoms with Crippen LogP contribution < -0.4 is 5.32 Å². The van der Waals surface area contributed by atoms with Gasteiger partial charge in [-0.15, -0.1) is 0 Å². The van der Waals surface area contributed by atoms with Gasteiger partial charge in [-0.25, -0.2) is 9.97 Å². The first-order valence-electron chi connectivity index (χ1n) is 5.57. The van der Waals surface area contributed by atoms with Gasteiger partial charge in [0.1, 0.15) is 12.1 Å². The average Bonchev–Trinajstić information content (AvgIpc) is 2.98. The summed E-state index contributed by atoms with van der Waals surface area (Å²) in [5.41, 5.74) is 2.65. The van der Waals surface area contributed by atoms with Gasteiger partial charge in [-0.3, -0.25) is 0 Å². The quantitative estimate of drug-likeness (QED) is 0.806. The molecule has 0 unspecified atom stereocenters. The van der Waals surface area contributed by atoms with E-state index < -0.39 is 0 Å². The first kappa shape index (κ1) is 10.4. The summed E-state index contributed by atoms with van der Waals surface area (Å²) in [4.78, 5) is 8.78. The Morgan fingerprint density at radius 2 is 1.93 bits per heavy atom. The molecule has 2 rings (SSSR count). The monoisotopic (exact) mass is 205 g/mol. The van der Waals surface area contributed by atoms with Crippen molar-refractivity contribution in [1.82, 2.24) is 9.97 Å². The Kier molecular flexibility index (Phi) is 2.41. The van der Waals surface area contributed by atoms with Crippen molar-refractivity contribution < 1.29 is 0 Å². The molecule has 1 saturated carbocycles. The predicted octanol–water partition coefficient (Wildman–Crippen LogP) is 2.69. The molecule has 1 aromatic rings. The normalized spacial score (nSPS) is 16.5. The van der Waals surface area contributed by atoms with Crippen molar-refractivity contribution in [3.63, 3.8) is 0 Å². The molecule has 0 radical (unpaired) electrons. The van der Waals surface area contributed by atoms with Gasteiger partial charge in [-0.05, 0) is 18.3 Å². The highest BCUT2D eigenvalue weighted by Crippen LogP contribution is 2.44. The van der Waals surface area contributed by atoms with Crippen molar-refractivity contribution in [3.05, 3.63) is 17.6 Å². The van der Waals surface area contributed by atoms with E-state index in [2.05, 4.69) is 36.1 Å². The van der Waals surface area contributed by atoms with Crippen molar-refractivity contribution in [1.29, 1.82) is 0 Å². The topological polar surface area (TPSA) is 37.8 Å². The highest BCUT2D eigenvalue weighted by molar-refractivity contribution is 5.51. The van der Waals surface area contributed by atoms with Gasteiger partial charge in [-0.1, -0.05) is 20.8 Å². The third-order valence-electron chi connectivity index (χ3n) is 2.83. The third kappa shape index (κ3) is 1.96. The van der Waals surface area contributed by atoms with Crippen molar-refractivity contribution >= 4 is 5.82 Å². The average molecular weight is 205 g/mol. The Hall–Kier alpha value is -1.12. The zero-order chi connectivity index (χ0) is 11.1. The van der Waals surface area contributed by atoms with Gasteiger partial charge < -0.3 is 5.32 Å². The lowest BCUT2D eigenvalue weighted by atomic mass is 9.84. The largest absolute Gasteiger partial charge is 0.373 e. The molecular formula is C12H19N3. The van der Waals surface area contributed by atoms with E-state index in [0.717, 1.165) is 5.82 Å². The summed E-state index contributed by atoms with van der Waals surface area (Å²) in [5.74, 6) is 1.66. The molecule has 0 saturated heterocycles. The van der Waals surface area contributed by atoms with E-state index in [1.807, 2.05) is 7.05 Å². The van der Waals surface area contributed by atoms with Crippen molar-refractivity contribution in [2.45, 2.75) is 44.9 Å². The van der Waals surface area contributed by atoms with Crippen molar-refractivity contribution in [2.24, 2.45) is 0 Å². The van der Waals surface area contributed by atoms with Gasteiger partial charge in [0.2, 0.25) is 0 Å². The Labute approximate surface area is 91.3 Å². The fourth-order valence-electron chi connectivity index (χ4n) is 1.99. The summed E-state index contributed by atoms with van der Waals surface area (Å²) in [6.07, 6.45) is 4.24. The summed E-state index contributed by atoms with van der Waals surface area (Å²) < 4.78 is 0. The fraction of sp³-hybridized carbons (Fsp3) is 0.667. The highest BCUT2D eigenvalue weighted by atomic mass is 15.0. The first-order valence-corrected chi connectivity index (χ1v) is 5.57. The number of anilines is 1. The number of hydrogen-bond acceptors (Lipinski definition) is 3. The van der Waals surface area contributed by atoms with E-state index in [1.165, 1.54) is 24.1 Å². The van der Waals surface area contributed by atoms with E-state index in [1.54, 1.807) is 6.33 Å². The van der Waals surface area contributed by atoms with Gasteiger partial charge in [0.05, 0.1) is 5.69 Å². The van der Waals surface area contributed by atoms with Gasteiger partial charge in [0.25, 0.3) is 0 Å². The molecule has 1 aliphatic carbocycles. The minimum atomic E-state index is 0.109. The summed E-state index contributed by atoms with van der Waals surface area (Å²) >= 11 is 0. The second-order valence-electron chi connectivity index (χ2n) is 5.26. The predicted molar refractivity (Wildman–Crippen MR) is 62.3 cm³/mol. The minimum Gasteiger partial charge on any atom is -0.373 e. The zero-order valence-electron chi connectivity index (χ0n) is 9.96. The Morgan fingerprint density at radius 1 is 1.27 bits per heavy atom. The molecule has 0 bridgehead atoms. The van der Waals surface area contributed by atoms with E-state index in [0.29, 0.717) is 5.92 Å². The molecule has 1 aliphatic rings. The number of aromatic nitrogens is 2. The Morgan fingerprint density at radius 3 is 2.40 bits per heavy atom. The Bertz CT molecular complexity index is 362. The second kappa shape index (κ2) is 3.47. The molecule has 1 aromatic heterocycles. The van der Waals surface area contributed by atoms with Crippen LogP contribution in [-0.4, -0.2) is 17.0 Å². The summed E-state index contributed by atoms with van der Waals surface area (Å²) in [6, 6.07) is 0. The number of nitrogens with zero attached hydrogens (tertiary/aromatic N) is 2. The van der Waals surface area contributed by atoms with Crippen LogP contribution in [0.3, 0.4) is 0 Å². The molecule has 15 heavy (non-hydrogen) atoms. The molecular weight excluding hydrogens is 186 g/mol. The molecule has 1 heterocycles. The van der Waals surface area contributed by atoms with Crippen molar-refractivity contribution in [2.75, 3.05) is 12.4 Å². The Balaban J connectivity index is 2.54. The fourth-order valence-corrected chi connectivity index (χ4v) is 1.99. The van der Waals surface area contributed by atoms with Crippen LogP contribution in [0.5, 0.6) is 0 Å². The maximum absolute atomic E-state index is 4.46. The number of rotatable bonds is 2. The standard InChI is InChI=1S/C12H19N3/c1-12(2,3)9-10(8-5-6-8)14-7-15-11(9)13-4/h7-8H,5-6H2,1-4H3,(H,13,14,15). The second-order valence-corrected chi connectivity index (χ2v) is 5.26. The van der Waals surface area contributed by atoms with Gasteiger partial charge >= 0.3 is 0 Å².